The minimum Gasteiger partial charge on any atom is -0.497 e. The summed E-state index contributed by atoms with van der Waals surface area (Å²) >= 11 is 6.77. The van der Waals surface area contributed by atoms with Gasteiger partial charge in [-0.05, 0) is 53.5 Å². The Balaban J connectivity index is 1.38. The molecule has 190 valence electrons. The van der Waals surface area contributed by atoms with Gasteiger partial charge in [0.15, 0.2) is 0 Å². The SMILES string of the molecule is COc1ccc(CN2C(=O)C(=Cc3c(N4CCc5ccccc5C4)nc4ccccn4c3=O)SC2=S)cc1. The largest absolute Gasteiger partial charge is 0.497 e. The zero-order valence-electron chi connectivity index (χ0n) is 20.7. The van der Waals surface area contributed by atoms with Crippen molar-refractivity contribution in [3.63, 3.8) is 0 Å². The second kappa shape index (κ2) is 10.1. The third-order valence-corrected chi connectivity index (χ3v) is 8.21. The number of pyridine rings is 1. The maximum absolute atomic E-state index is 13.7. The van der Waals surface area contributed by atoms with E-state index in [1.807, 2.05) is 42.5 Å². The molecule has 1 fully saturated rings. The van der Waals surface area contributed by atoms with E-state index in [9.17, 15) is 9.59 Å². The van der Waals surface area contributed by atoms with Crippen LogP contribution in [0, 0.1) is 0 Å². The van der Waals surface area contributed by atoms with E-state index in [0.29, 0.717) is 39.3 Å². The number of carbonyl (C=O) groups is 1. The fourth-order valence-corrected chi connectivity index (χ4v) is 6.05. The Morgan fingerprint density at radius 2 is 1.79 bits per heavy atom. The molecular formula is C29H24N4O3S2. The van der Waals surface area contributed by atoms with Gasteiger partial charge in [0.2, 0.25) is 0 Å². The molecule has 2 aliphatic rings. The number of methoxy groups -OCH3 is 1. The number of amides is 1. The Morgan fingerprint density at radius 3 is 2.58 bits per heavy atom. The number of ether oxygens (including phenoxy) is 1. The molecule has 9 heteroatoms. The Morgan fingerprint density at radius 1 is 1.03 bits per heavy atom. The molecule has 1 amide bonds. The molecule has 2 aliphatic heterocycles. The van der Waals surface area contributed by atoms with Crippen molar-refractivity contribution in [2.24, 2.45) is 0 Å². The normalized spacial score (nSPS) is 16.4. The second-order valence-corrected chi connectivity index (χ2v) is 10.8. The molecule has 0 spiro atoms. The van der Waals surface area contributed by atoms with E-state index in [0.717, 1.165) is 24.3 Å². The number of thioether (sulfide) groups is 1. The number of carbonyl (C=O) groups excluding carboxylic acids is 1. The van der Waals surface area contributed by atoms with Gasteiger partial charge in [0.1, 0.15) is 21.5 Å². The number of anilines is 1. The minimum absolute atomic E-state index is 0.218. The van der Waals surface area contributed by atoms with Crippen LogP contribution >= 0.6 is 24.0 Å². The molecule has 0 bridgehead atoms. The molecule has 0 radical (unpaired) electrons. The first-order valence-electron chi connectivity index (χ1n) is 12.2. The first kappa shape index (κ1) is 24.4. The van der Waals surface area contributed by atoms with Gasteiger partial charge in [-0.3, -0.25) is 18.9 Å². The molecular weight excluding hydrogens is 516 g/mol. The zero-order chi connectivity index (χ0) is 26.2. The van der Waals surface area contributed by atoms with Crippen LogP contribution < -0.4 is 15.2 Å². The third kappa shape index (κ3) is 4.48. The molecule has 4 heterocycles. The molecule has 0 N–H and O–H groups in total. The summed E-state index contributed by atoms with van der Waals surface area (Å²) in [5, 5.41) is 0. The van der Waals surface area contributed by atoms with Crippen molar-refractivity contribution < 1.29 is 9.53 Å². The van der Waals surface area contributed by atoms with E-state index in [1.54, 1.807) is 30.3 Å². The van der Waals surface area contributed by atoms with Crippen LogP contribution in [0.2, 0.25) is 0 Å². The molecule has 0 unspecified atom stereocenters. The summed E-state index contributed by atoms with van der Waals surface area (Å²) in [6, 6.07) is 21.3. The highest BCUT2D eigenvalue weighted by atomic mass is 32.2. The van der Waals surface area contributed by atoms with Gasteiger partial charge in [-0.15, -0.1) is 0 Å². The number of hydrogen-bond donors (Lipinski definition) is 0. The van der Waals surface area contributed by atoms with Gasteiger partial charge in [0, 0.05) is 19.3 Å². The van der Waals surface area contributed by atoms with Crippen LogP contribution in [0.25, 0.3) is 11.7 Å². The molecule has 2 aromatic heterocycles. The van der Waals surface area contributed by atoms with Crippen LogP contribution in [0.15, 0.2) is 82.6 Å². The zero-order valence-corrected chi connectivity index (χ0v) is 22.3. The van der Waals surface area contributed by atoms with Crippen molar-refractivity contribution >= 4 is 51.7 Å². The van der Waals surface area contributed by atoms with Crippen molar-refractivity contribution in [1.82, 2.24) is 14.3 Å². The van der Waals surface area contributed by atoms with Gasteiger partial charge in [-0.2, -0.15) is 0 Å². The summed E-state index contributed by atoms with van der Waals surface area (Å²) in [5.41, 5.74) is 4.19. The van der Waals surface area contributed by atoms with E-state index in [4.69, 9.17) is 21.9 Å². The van der Waals surface area contributed by atoms with Crippen molar-refractivity contribution in [3.05, 3.63) is 110 Å². The summed E-state index contributed by atoms with van der Waals surface area (Å²) in [7, 11) is 1.61. The predicted molar refractivity (Wildman–Crippen MR) is 154 cm³/mol. The number of thiocarbonyl (C=S) groups is 1. The molecule has 0 aliphatic carbocycles. The average molecular weight is 541 g/mol. The lowest BCUT2D eigenvalue weighted by Crippen LogP contribution is -2.34. The Hall–Kier alpha value is -3.95. The molecule has 2 aromatic carbocycles. The fourth-order valence-electron chi connectivity index (χ4n) is 4.82. The van der Waals surface area contributed by atoms with Crippen LogP contribution in [0.3, 0.4) is 0 Å². The van der Waals surface area contributed by atoms with Crippen molar-refractivity contribution in [2.75, 3.05) is 18.6 Å². The highest BCUT2D eigenvalue weighted by Crippen LogP contribution is 2.35. The lowest BCUT2D eigenvalue weighted by atomic mass is 9.99. The summed E-state index contributed by atoms with van der Waals surface area (Å²) in [6.45, 7) is 1.72. The van der Waals surface area contributed by atoms with Crippen LogP contribution in [-0.2, 0) is 24.3 Å². The first-order chi connectivity index (χ1) is 18.5. The number of nitrogens with zero attached hydrogens (tertiary/aromatic N) is 4. The van der Waals surface area contributed by atoms with Crippen LogP contribution in [0.4, 0.5) is 5.82 Å². The molecule has 0 atom stereocenters. The highest BCUT2D eigenvalue weighted by Gasteiger charge is 2.33. The van der Waals surface area contributed by atoms with Gasteiger partial charge >= 0.3 is 0 Å². The Labute approximate surface area is 229 Å². The summed E-state index contributed by atoms with van der Waals surface area (Å²) < 4.78 is 7.20. The monoisotopic (exact) mass is 540 g/mol. The smallest absolute Gasteiger partial charge is 0.267 e. The van der Waals surface area contributed by atoms with Crippen molar-refractivity contribution in [3.8, 4) is 5.75 Å². The number of benzene rings is 2. The Kier molecular flexibility index (Phi) is 6.47. The highest BCUT2D eigenvalue weighted by molar-refractivity contribution is 8.26. The first-order valence-corrected chi connectivity index (χ1v) is 13.5. The number of aromatic nitrogens is 2. The van der Waals surface area contributed by atoms with E-state index in [-0.39, 0.29) is 11.5 Å². The van der Waals surface area contributed by atoms with E-state index in [1.165, 1.54) is 27.3 Å². The summed E-state index contributed by atoms with van der Waals surface area (Å²) in [5.74, 6) is 1.11. The predicted octanol–water partition coefficient (Wildman–Crippen LogP) is 4.67. The Bertz CT molecular complexity index is 1660. The molecule has 0 saturated carbocycles. The quantitative estimate of drug-likeness (QED) is 0.269. The lowest BCUT2D eigenvalue weighted by Gasteiger charge is -2.30. The standard InChI is InChI=1S/C29H24N4O3S2/c1-36-22-11-9-19(10-12-22)17-33-28(35)24(38-29(33)37)16-23-26(30-25-8-4-5-14-32(25)27(23)34)31-15-13-20-6-2-3-7-21(20)18-31/h2-12,14,16H,13,15,17-18H2,1H3. The summed E-state index contributed by atoms with van der Waals surface area (Å²) in [4.78, 5) is 36.2. The van der Waals surface area contributed by atoms with Gasteiger partial charge in [0.05, 0.1) is 24.1 Å². The number of rotatable bonds is 5. The minimum atomic E-state index is -0.219. The van der Waals surface area contributed by atoms with E-state index in [2.05, 4.69) is 23.1 Å². The van der Waals surface area contributed by atoms with Crippen molar-refractivity contribution in [1.29, 1.82) is 0 Å². The van der Waals surface area contributed by atoms with Gasteiger partial charge in [-0.1, -0.05) is 66.4 Å². The summed E-state index contributed by atoms with van der Waals surface area (Å²) in [6.07, 6.45) is 4.22. The maximum atomic E-state index is 13.7. The van der Waals surface area contributed by atoms with Crippen molar-refractivity contribution in [2.45, 2.75) is 19.5 Å². The van der Waals surface area contributed by atoms with Gasteiger partial charge in [0.25, 0.3) is 11.5 Å². The van der Waals surface area contributed by atoms with Gasteiger partial charge < -0.3 is 9.64 Å². The van der Waals surface area contributed by atoms with E-state index < -0.39 is 0 Å². The molecule has 1 saturated heterocycles. The topological polar surface area (TPSA) is 67.2 Å². The fraction of sp³-hybridized carbons (Fsp3) is 0.172. The van der Waals surface area contributed by atoms with Crippen LogP contribution in [0.1, 0.15) is 22.3 Å². The molecule has 7 nitrogen and oxygen atoms in total. The van der Waals surface area contributed by atoms with E-state index >= 15 is 0 Å². The second-order valence-electron chi connectivity index (χ2n) is 9.14. The molecule has 6 rings (SSSR count). The number of fused-ring (bicyclic) bond motifs is 2. The average Bonchev–Trinajstić information content (AvgIpc) is 3.21. The maximum Gasteiger partial charge on any atom is 0.267 e. The molecule has 4 aromatic rings. The third-order valence-electron chi connectivity index (χ3n) is 6.83. The van der Waals surface area contributed by atoms with Crippen LogP contribution in [0.5, 0.6) is 5.75 Å². The number of hydrogen-bond acceptors (Lipinski definition) is 7. The van der Waals surface area contributed by atoms with Gasteiger partial charge in [-0.25, -0.2) is 4.98 Å². The van der Waals surface area contributed by atoms with Crippen LogP contribution in [-0.4, -0.2) is 38.2 Å². The molecule has 38 heavy (non-hydrogen) atoms. The lowest BCUT2D eigenvalue weighted by molar-refractivity contribution is -0.122.